The monoisotopic (exact) mass is 416 g/mol. The Morgan fingerprint density at radius 3 is 2.90 bits per heavy atom. The zero-order chi connectivity index (χ0) is 20.0. The van der Waals surface area contributed by atoms with Gasteiger partial charge in [0.1, 0.15) is 11.2 Å². The topological polar surface area (TPSA) is 61.5 Å². The summed E-state index contributed by atoms with van der Waals surface area (Å²) in [4.78, 5) is 11.7. The zero-order valence-corrected chi connectivity index (χ0v) is 16.5. The van der Waals surface area contributed by atoms with Crippen LogP contribution in [0, 0.1) is 0 Å². The van der Waals surface area contributed by atoms with Crippen molar-refractivity contribution in [3.05, 3.63) is 35.0 Å². The van der Waals surface area contributed by atoms with Gasteiger partial charge in [0.15, 0.2) is 23.0 Å². The van der Waals surface area contributed by atoms with Gasteiger partial charge in [0, 0.05) is 10.4 Å². The van der Waals surface area contributed by atoms with Gasteiger partial charge in [0.2, 0.25) is 0 Å². The Balaban J connectivity index is 1.63. The molecule has 0 unspecified atom stereocenters. The van der Waals surface area contributed by atoms with E-state index in [1.807, 2.05) is 0 Å². The molecule has 0 radical (unpaired) electrons. The van der Waals surface area contributed by atoms with Gasteiger partial charge in [-0.15, -0.1) is 16.4 Å². The van der Waals surface area contributed by atoms with E-state index in [0.29, 0.717) is 18.0 Å². The first-order chi connectivity index (χ1) is 14.1. The maximum Gasteiger partial charge on any atom is 0.387 e. The number of nitrogens with zero attached hydrogens (tertiary/aromatic N) is 4. The third-order valence-corrected chi connectivity index (χ3v) is 6.21. The van der Waals surface area contributed by atoms with E-state index in [1.165, 1.54) is 29.3 Å². The molecule has 3 heterocycles. The van der Waals surface area contributed by atoms with Crippen molar-refractivity contribution >= 4 is 27.2 Å². The third kappa shape index (κ3) is 3.19. The molecule has 1 aromatic carbocycles. The van der Waals surface area contributed by atoms with Crippen LogP contribution in [0.5, 0.6) is 11.5 Å². The molecule has 29 heavy (non-hydrogen) atoms. The normalized spacial score (nSPS) is 13.9. The fourth-order valence-corrected chi connectivity index (χ4v) is 5.01. The van der Waals surface area contributed by atoms with Crippen LogP contribution in [0.3, 0.4) is 0 Å². The highest BCUT2D eigenvalue weighted by Crippen LogP contribution is 2.38. The molecule has 0 saturated heterocycles. The van der Waals surface area contributed by atoms with Gasteiger partial charge in [0.25, 0.3) is 0 Å². The van der Waals surface area contributed by atoms with E-state index < -0.39 is 6.61 Å². The van der Waals surface area contributed by atoms with Gasteiger partial charge >= 0.3 is 6.61 Å². The van der Waals surface area contributed by atoms with Crippen LogP contribution in [-0.4, -0.2) is 32.8 Å². The lowest BCUT2D eigenvalue weighted by Crippen LogP contribution is -2.04. The van der Waals surface area contributed by atoms with Gasteiger partial charge in [-0.05, 0) is 56.4 Å². The molecule has 9 heteroatoms. The summed E-state index contributed by atoms with van der Waals surface area (Å²) in [5.74, 6) is 0.713. The number of hydrogen-bond acceptors (Lipinski definition) is 6. The quantitative estimate of drug-likeness (QED) is 0.464. The number of benzene rings is 1. The van der Waals surface area contributed by atoms with Crippen LogP contribution >= 0.6 is 11.3 Å². The lowest BCUT2D eigenvalue weighted by atomic mass is 9.97. The van der Waals surface area contributed by atoms with E-state index in [9.17, 15) is 8.78 Å². The number of aromatic nitrogens is 4. The van der Waals surface area contributed by atoms with Crippen LogP contribution in [0.1, 0.15) is 30.2 Å². The van der Waals surface area contributed by atoms with Crippen molar-refractivity contribution in [3.8, 4) is 22.9 Å². The molecule has 0 spiro atoms. The maximum atomic E-state index is 12.6. The lowest BCUT2D eigenvalue weighted by Gasteiger charge is -2.11. The molecule has 0 N–H and O–H groups in total. The van der Waals surface area contributed by atoms with Crippen molar-refractivity contribution in [2.45, 2.75) is 39.2 Å². The summed E-state index contributed by atoms with van der Waals surface area (Å²) in [5, 5.41) is 5.63. The molecular weight excluding hydrogens is 398 g/mol. The number of aryl methyl sites for hydroxylation is 2. The Morgan fingerprint density at radius 1 is 1.21 bits per heavy atom. The number of hydrogen-bond donors (Lipinski definition) is 0. The van der Waals surface area contributed by atoms with Gasteiger partial charge in [-0.25, -0.2) is 14.5 Å². The van der Waals surface area contributed by atoms with Gasteiger partial charge < -0.3 is 9.47 Å². The highest BCUT2D eigenvalue weighted by Gasteiger charge is 2.21. The summed E-state index contributed by atoms with van der Waals surface area (Å²) >= 11 is 1.74. The molecule has 0 saturated carbocycles. The minimum Gasteiger partial charge on any atom is -0.490 e. The minimum atomic E-state index is -2.92. The van der Waals surface area contributed by atoms with E-state index in [0.717, 1.165) is 28.7 Å². The van der Waals surface area contributed by atoms with Gasteiger partial charge in [-0.3, -0.25) is 0 Å². The van der Waals surface area contributed by atoms with Crippen molar-refractivity contribution in [2.75, 3.05) is 6.61 Å². The second kappa shape index (κ2) is 7.22. The number of thiophene rings is 1. The molecule has 1 aliphatic rings. The standard InChI is InChI=1S/C20H18F2N4O2S/c1-2-27-14-9-11(7-8-13(14)28-20(21)22)17-24-18-16-12-5-3-4-6-15(12)29-19(16)23-10-26(18)25-17/h7-10,20H,2-6H2,1H3. The molecule has 0 aliphatic heterocycles. The molecule has 0 fully saturated rings. The van der Waals surface area contributed by atoms with E-state index in [-0.39, 0.29) is 11.5 Å². The predicted molar refractivity (Wildman–Crippen MR) is 106 cm³/mol. The average molecular weight is 416 g/mol. The summed E-state index contributed by atoms with van der Waals surface area (Å²) < 4.78 is 37.0. The summed E-state index contributed by atoms with van der Waals surface area (Å²) in [6.45, 7) is -0.811. The molecule has 0 bridgehead atoms. The van der Waals surface area contributed by atoms with Crippen molar-refractivity contribution in [1.82, 2.24) is 19.6 Å². The van der Waals surface area contributed by atoms with Crippen LogP contribution in [0.2, 0.25) is 0 Å². The molecule has 0 atom stereocenters. The summed E-state index contributed by atoms with van der Waals surface area (Å²) in [7, 11) is 0. The lowest BCUT2D eigenvalue weighted by molar-refractivity contribution is -0.0514. The van der Waals surface area contributed by atoms with E-state index >= 15 is 0 Å². The van der Waals surface area contributed by atoms with E-state index in [4.69, 9.17) is 9.72 Å². The number of fused-ring (bicyclic) bond motifs is 5. The van der Waals surface area contributed by atoms with E-state index in [1.54, 1.807) is 41.2 Å². The highest BCUT2D eigenvalue weighted by atomic mass is 32.1. The predicted octanol–water partition coefficient (Wildman–Crippen LogP) is 4.88. The number of rotatable bonds is 5. The Labute approximate surface area is 169 Å². The maximum absolute atomic E-state index is 12.6. The number of halogens is 2. The number of alkyl halides is 2. The van der Waals surface area contributed by atoms with Crippen molar-refractivity contribution in [3.63, 3.8) is 0 Å². The molecule has 150 valence electrons. The summed E-state index contributed by atoms with van der Waals surface area (Å²) in [6.07, 6.45) is 6.18. The van der Waals surface area contributed by atoms with E-state index in [2.05, 4.69) is 14.8 Å². The molecule has 3 aromatic heterocycles. The second-order valence-corrected chi connectivity index (χ2v) is 7.90. The Morgan fingerprint density at radius 2 is 2.07 bits per heavy atom. The van der Waals surface area contributed by atoms with Crippen molar-refractivity contribution < 1.29 is 18.3 Å². The first kappa shape index (κ1) is 18.2. The fourth-order valence-electron chi connectivity index (χ4n) is 3.79. The summed E-state index contributed by atoms with van der Waals surface area (Å²) in [5.41, 5.74) is 2.77. The molecule has 4 aromatic rings. The average Bonchev–Trinajstić information content (AvgIpc) is 3.29. The van der Waals surface area contributed by atoms with Crippen LogP contribution < -0.4 is 9.47 Å². The van der Waals surface area contributed by atoms with Crippen LogP contribution in [-0.2, 0) is 12.8 Å². The largest absolute Gasteiger partial charge is 0.490 e. The Hall–Kier alpha value is -2.81. The Kier molecular flexibility index (Phi) is 4.54. The molecular formula is C20H18F2N4O2S. The van der Waals surface area contributed by atoms with Crippen LogP contribution in [0.15, 0.2) is 24.5 Å². The molecule has 6 nitrogen and oxygen atoms in total. The van der Waals surface area contributed by atoms with Gasteiger partial charge in [-0.2, -0.15) is 8.78 Å². The minimum absolute atomic E-state index is 0.00896. The molecule has 1 aliphatic carbocycles. The zero-order valence-electron chi connectivity index (χ0n) is 15.7. The first-order valence-electron chi connectivity index (χ1n) is 9.51. The van der Waals surface area contributed by atoms with Gasteiger partial charge in [0.05, 0.1) is 12.0 Å². The first-order valence-corrected chi connectivity index (χ1v) is 10.3. The Bertz CT molecular complexity index is 1200. The smallest absolute Gasteiger partial charge is 0.387 e. The highest BCUT2D eigenvalue weighted by molar-refractivity contribution is 7.19. The van der Waals surface area contributed by atoms with Crippen LogP contribution in [0.25, 0.3) is 27.3 Å². The van der Waals surface area contributed by atoms with Gasteiger partial charge in [-0.1, -0.05) is 0 Å². The molecule has 0 amide bonds. The fraction of sp³-hybridized carbons (Fsp3) is 0.350. The van der Waals surface area contributed by atoms with Crippen molar-refractivity contribution in [1.29, 1.82) is 0 Å². The number of ether oxygens (including phenoxy) is 2. The molecule has 5 rings (SSSR count). The SMILES string of the molecule is CCOc1cc(-c2nc3c4c5c(sc4ncn3n2)CCCC5)ccc1OC(F)F. The van der Waals surface area contributed by atoms with Crippen LogP contribution in [0.4, 0.5) is 8.78 Å². The van der Waals surface area contributed by atoms with Crippen molar-refractivity contribution in [2.24, 2.45) is 0 Å². The second-order valence-electron chi connectivity index (χ2n) is 6.81. The third-order valence-electron chi connectivity index (χ3n) is 5.01. The summed E-state index contributed by atoms with van der Waals surface area (Å²) in [6, 6.07) is 4.74.